The van der Waals surface area contributed by atoms with E-state index in [1.54, 1.807) is 28.6 Å². The molecule has 1 fully saturated rings. The van der Waals surface area contributed by atoms with Crippen LogP contribution < -0.4 is 0 Å². The molecule has 3 rings (SSSR count). The van der Waals surface area contributed by atoms with Gasteiger partial charge in [-0.25, -0.2) is 8.42 Å². The second-order valence-corrected chi connectivity index (χ2v) is 10.6. The molecule has 31 heavy (non-hydrogen) atoms. The van der Waals surface area contributed by atoms with E-state index in [0.29, 0.717) is 23.1 Å². The Morgan fingerprint density at radius 3 is 2.23 bits per heavy atom. The van der Waals surface area contributed by atoms with Gasteiger partial charge in [0.05, 0.1) is 17.4 Å². The maximum absolute atomic E-state index is 13.5. The summed E-state index contributed by atoms with van der Waals surface area (Å²) in [7, 11) is -3.66. The maximum Gasteiger partial charge on any atom is 0.308 e. The number of esters is 1. The van der Waals surface area contributed by atoms with E-state index in [9.17, 15) is 13.2 Å². The fourth-order valence-electron chi connectivity index (χ4n) is 4.03. The van der Waals surface area contributed by atoms with Crippen LogP contribution in [0.15, 0.2) is 53.4 Å². The fraction of sp³-hybridized carbons (Fsp3) is 0.458. The Bertz CT molecular complexity index is 966. The molecule has 0 aromatic heterocycles. The van der Waals surface area contributed by atoms with Gasteiger partial charge in [-0.1, -0.05) is 41.4 Å². The molecular formula is C24H30ClNO4S. The van der Waals surface area contributed by atoms with Crippen molar-refractivity contribution >= 4 is 27.6 Å². The van der Waals surface area contributed by atoms with E-state index in [0.717, 1.165) is 36.8 Å². The van der Waals surface area contributed by atoms with Crippen LogP contribution in [0.2, 0.25) is 5.02 Å². The summed E-state index contributed by atoms with van der Waals surface area (Å²) in [4.78, 5) is 12.3. The molecule has 1 aliphatic rings. The fourth-order valence-corrected chi connectivity index (χ4v) is 5.66. The lowest BCUT2D eigenvalue weighted by atomic mass is 9.82. The molecule has 168 valence electrons. The van der Waals surface area contributed by atoms with Gasteiger partial charge in [-0.05, 0) is 75.3 Å². The van der Waals surface area contributed by atoms with Crippen molar-refractivity contribution in [3.05, 3.63) is 64.7 Å². The lowest BCUT2D eigenvalue weighted by molar-refractivity contribution is -0.149. The van der Waals surface area contributed by atoms with Gasteiger partial charge in [0, 0.05) is 18.1 Å². The molecule has 0 atom stereocenters. The largest absolute Gasteiger partial charge is 0.466 e. The van der Waals surface area contributed by atoms with Crippen LogP contribution in [0.4, 0.5) is 0 Å². The second kappa shape index (κ2) is 10.6. The number of carbonyl (C=O) groups is 1. The number of hydrogen-bond acceptors (Lipinski definition) is 4. The quantitative estimate of drug-likeness (QED) is 0.504. The van der Waals surface area contributed by atoms with Crippen LogP contribution in [0, 0.1) is 18.8 Å². The Hall–Kier alpha value is -1.89. The van der Waals surface area contributed by atoms with Crippen LogP contribution in [0.3, 0.4) is 0 Å². The third-order valence-electron chi connectivity index (χ3n) is 5.86. The normalized spacial score (nSPS) is 19.4. The Balaban J connectivity index is 1.77. The predicted octanol–water partition coefficient (Wildman–Crippen LogP) is 5.21. The van der Waals surface area contributed by atoms with Gasteiger partial charge in [-0.3, -0.25) is 4.79 Å². The highest BCUT2D eigenvalue weighted by atomic mass is 35.5. The van der Waals surface area contributed by atoms with Crippen LogP contribution in [-0.4, -0.2) is 31.8 Å². The highest BCUT2D eigenvalue weighted by Gasteiger charge is 2.32. The molecule has 0 N–H and O–H groups in total. The van der Waals surface area contributed by atoms with Crippen LogP contribution >= 0.6 is 11.6 Å². The molecular weight excluding hydrogens is 434 g/mol. The first-order valence-corrected chi connectivity index (χ1v) is 12.6. The van der Waals surface area contributed by atoms with Gasteiger partial charge in [-0.2, -0.15) is 4.31 Å². The molecule has 1 saturated carbocycles. The first-order valence-electron chi connectivity index (χ1n) is 10.8. The summed E-state index contributed by atoms with van der Waals surface area (Å²) in [6.45, 7) is 4.85. The van der Waals surface area contributed by atoms with Crippen molar-refractivity contribution in [2.45, 2.75) is 51.0 Å². The number of sulfonamides is 1. The summed E-state index contributed by atoms with van der Waals surface area (Å²) in [5.74, 6) is -0.000863. The number of carbonyl (C=O) groups excluding carboxylic acids is 1. The van der Waals surface area contributed by atoms with Crippen molar-refractivity contribution in [3.63, 3.8) is 0 Å². The highest BCUT2D eigenvalue weighted by molar-refractivity contribution is 7.89. The van der Waals surface area contributed by atoms with Gasteiger partial charge in [-0.15, -0.1) is 0 Å². The molecule has 0 bridgehead atoms. The number of aryl methyl sites for hydroxylation is 1. The molecule has 0 saturated heterocycles. The van der Waals surface area contributed by atoms with Gasteiger partial charge in [0.2, 0.25) is 10.0 Å². The van der Waals surface area contributed by atoms with Crippen LogP contribution in [0.5, 0.6) is 0 Å². The second-order valence-electron chi connectivity index (χ2n) is 8.21. The van der Waals surface area contributed by atoms with Gasteiger partial charge < -0.3 is 4.74 Å². The first-order chi connectivity index (χ1) is 14.8. The number of ether oxygens (including phenoxy) is 1. The molecule has 7 heteroatoms. The van der Waals surface area contributed by atoms with Crippen molar-refractivity contribution in [3.8, 4) is 0 Å². The SMILES string of the molecule is CCOC(=O)C1CCC(CN(Cc2ccc(Cl)cc2)S(=O)(=O)c2ccc(C)cc2)CC1. The lowest BCUT2D eigenvalue weighted by Gasteiger charge is -2.31. The molecule has 5 nitrogen and oxygen atoms in total. The summed E-state index contributed by atoms with van der Waals surface area (Å²) in [5.41, 5.74) is 1.90. The summed E-state index contributed by atoms with van der Waals surface area (Å²) < 4.78 is 33.7. The average Bonchev–Trinajstić information content (AvgIpc) is 2.76. The Morgan fingerprint density at radius 1 is 1.03 bits per heavy atom. The van der Waals surface area contributed by atoms with E-state index in [2.05, 4.69) is 0 Å². The average molecular weight is 464 g/mol. The molecule has 0 radical (unpaired) electrons. The number of benzene rings is 2. The van der Waals surface area contributed by atoms with Gasteiger partial charge in [0.1, 0.15) is 0 Å². The Labute approximate surface area is 190 Å². The van der Waals surface area contributed by atoms with Crippen molar-refractivity contribution in [1.82, 2.24) is 4.31 Å². The standard InChI is InChI=1S/C24H30ClNO4S/c1-3-30-24(27)21-10-6-19(7-11-21)16-26(17-20-8-12-22(25)13-9-20)31(28,29)23-14-4-18(2)5-15-23/h4-5,8-9,12-15,19,21H,3,6-7,10-11,16-17H2,1-2H3. The zero-order valence-electron chi connectivity index (χ0n) is 18.1. The summed E-state index contributed by atoms with van der Waals surface area (Å²) in [6.07, 6.45) is 3.10. The minimum atomic E-state index is -3.66. The zero-order valence-corrected chi connectivity index (χ0v) is 19.7. The molecule has 0 heterocycles. The molecule has 0 amide bonds. The summed E-state index contributed by atoms with van der Waals surface area (Å²) in [6, 6.07) is 14.2. The molecule has 1 aliphatic carbocycles. The van der Waals surface area contributed by atoms with Gasteiger partial charge >= 0.3 is 5.97 Å². The maximum atomic E-state index is 13.5. The minimum Gasteiger partial charge on any atom is -0.466 e. The third-order valence-corrected chi connectivity index (χ3v) is 7.94. The predicted molar refractivity (Wildman–Crippen MR) is 122 cm³/mol. The van der Waals surface area contributed by atoms with Crippen LogP contribution in [0.1, 0.15) is 43.7 Å². The molecule has 0 aliphatic heterocycles. The Morgan fingerprint density at radius 2 is 1.65 bits per heavy atom. The van der Waals surface area contributed by atoms with Crippen LogP contribution in [0.25, 0.3) is 0 Å². The minimum absolute atomic E-state index is 0.0744. The summed E-state index contributed by atoms with van der Waals surface area (Å²) in [5, 5.41) is 0.619. The number of rotatable bonds is 8. The third kappa shape index (κ3) is 6.31. The topological polar surface area (TPSA) is 63.7 Å². The number of hydrogen-bond donors (Lipinski definition) is 0. The zero-order chi connectivity index (χ0) is 22.4. The first kappa shape index (κ1) is 23.8. The smallest absolute Gasteiger partial charge is 0.308 e. The monoisotopic (exact) mass is 463 g/mol. The van der Waals surface area contributed by atoms with Gasteiger partial charge in [0.15, 0.2) is 0 Å². The molecule has 2 aromatic rings. The lowest BCUT2D eigenvalue weighted by Crippen LogP contribution is -2.37. The van der Waals surface area contributed by atoms with E-state index >= 15 is 0 Å². The highest BCUT2D eigenvalue weighted by Crippen LogP contribution is 2.32. The van der Waals surface area contributed by atoms with E-state index in [1.807, 2.05) is 38.1 Å². The van der Waals surface area contributed by atoms with Crippen molar-refractivity contribution in [2.75, 3.05) is 13.2 Å². The van der Waals surface area contributed by atoms with Crippen molar-refractivity contribution in [1.29, 1.82) is 0 Å². The Kier molecular flexibility index (Phi) is 8.14. The van der Waals surface area contributed by atoms with E-state index in [1.165, 1.54) is 0 Å². The number of halogens is 1. The van der Waals surface area contributed by atoms with Crippen molar-refractivity contribution in [2.24, 2.45) is 11.8 Å². The van der Waals surface area contributed by atoms with E-state index in [4.69, 9.17) is 16.3 Å². The molecule has 2 aromatic carbocycles. The number of nitrogens with zero attached hydrogens (tertiary/aromatic N) is 1. The van der Waals surface area contributed by atoms with Gasteiger partial charge in [0.25, 0.3) is 0 Å². The van der Waals surface area contributed by atoms with Crippen molar-refractivity contribution < 1.29 is 17.9 Å². The summed E-state index contributed by atoms with van der Waals surface area (Å²) >= 11 is 6.00. The molecule has 0 spiro atoms. The van der Waals surface area contributed by atoms with E-state index < -0.39 is 10.0 Å². The van der Waals surface area contributed by atoms with Crippen LogP contribution in [-0.2, 0) is 26.1 Å². The van der Waals surface area contributed by atoms with E-state index in [-0.39, 0.29) is 24.3 Å². The molecule has 0 unspecified atom stereocenters.